The first-order chi connectivity index (χ1) is 17.2. The molecule has 0 amide bonds. The maximum atomic E-state index is 14.9. The Hall–Kier alpha value is -3.29. The normalized spacial score (nSPS) is 14.9. The van der Waals surface area contributed by atoms with Gasteiger partial charge in [0.2, 0.25) is 0 Å². The SMILES string of the molecule is C[C@@H](Nc1c(Cl)cnc2ccc(-c3cnc(C(C)(C)O)nc3)cc12)c1cc(N2CCCC2)ccc1F. The molecular formula is C28H29ClFN5O. The van der Waals surface area contributed by atoms with E-state index >= 15 is 0 Å². The van der Waals surface area contributed by atoms with E-state index in [0.717, 1.165) is 53.6 Å². The number of nitrogens with zero attached hydrogens (tertiary/aromatic N) is 4. The molecule has 0 spiro atoms. The van der Waals surface area contributed by atoms with Gasteiger partial charge in [-0.2, -0.15) is 0 Å². The summed E-state index contributed by atoms with van der Waals surface area (Å²) in [7, 11) is 0. The van der Waals surface area contributed by atoms with E-state index in [9.17, 15) is 9.50 Å². The fourth-order valence-electron chi connectivity index (χ4n) is 4.62. The van der Waals surface area contributed by atoms with Crippen LogP contribution in [0.4, 0.5) is 15.8 Å². The summed E-state index contributed by atoms with van der Waals surface area (Å²) in [4.78, 5) is 15.4. The van der Waals surface area contributed by atoms with Crippen molar-refractivity contribution < 1.29 is 9.50 Å². The molecule has 3 heterocycles. The standard InChI is InChI=1S/C28H29ClFN5O/c1-17(21-13-20(7-8-24(21)30)35-10-4-5-11-35)34-26-22-12-18(6-9-25(22)31-16-23(26)29)19-14-32-27(33-15-19)28(2,3)36/h6-9,12-17,36H,4-5,10-11H2,1-3H3,(H,31,34)/t17-/m1/s1. The van der Waals surface area contributed by atoms with Crippen molar-refractivity contribution in [1.82, 2.24) is 15.0 Å². The summed E-state index contributed by atoms with van der Waals surface area (Å²) in [6.07, 6.45) is 7.31. The molecule has 1 aliphatic rings. The Morgan fingerprint density at radius 1 is 1.00 bits per heavy atom. The number of hydrogen-bond donors (Lipinski definition) is 2. The minimum absolute atomic E-state index is 0.253. The summed E-state index contributed by atoms with van der Waals surface area (Å²) in [6.45, 7) is 7.22. The number of aromatic nitrogens is 3. The minimum Gasteiger partial charge on any atom is -0.382 e. The van der Waals surface area contributed by atoms with Crippen LogP contribution in [0.25, 0.3) is 22.0 Å². The van der Waals surface area contributed by atoms with Gasteiger partial charge < -0.3 is 15.3 Å². The van der Waals surface area contributed by atoms with Gasteiger partial charge in [0.25, 0.3) is 0 Å². The quantitative estimate of drug-likeness (QED) is 0.312. The summed E-state index contributed by atoms with van der Waals surface area (Å²) in [6, 6.07) is 10.8. The molecule has 4 aromatic rings. The zero-order valence-corrected chi connectivity index (χ0v) is 21.3. The van der Waals surface area contributed by atoms with Crippen molar-refractivity contribution in [3.05, 3.63) is 77.2 Å². The summed E-state index contributed by atoms with van der Waals surface area (Å²) >= 11 is 6.60. The summed E-state index contributed by atoms with van der Waals surface area (Å²) in [5.74, 6) is 0.100. The van der Waals surface area contributed by atoms with E-state index in [1.165, 1.54) is 0 Å². The highest BCUT2D eigenvalue weighted by molar-refractivity contribution is 6.34. The molecule has 2 N–H and O–H groups in total. The summed E-state index contributed by atoms with van der Waals surface area (Å²) < 4.78 is 14.9. The minimum atomic E-state index is -1.12. The van der Waals surface area contributed by atoms with Crippen LogP contribution < -0.4 is 10.2 Å². The third-order valence-corrected chi connectivity index (χ3v) is 6.92. The zero-order valence-electron chi connectivity index (χ0n) is 20.6. The Kier molecular flexibility index (Phi) is 6.53. The number of anilines is 2. The van der Waals surface area contributed by atoms with Crippen molar-refractivity contribution in [2.24, 2.45) is 0 Å². The lowest BCUT2D eigenvalue weighted by atomic mass is 10.0. The van der Waals surface area contributed by atoms with Crippen molar-refractivity contribution in [3.8, 4) is 11.1 Å². The maximum absolute atomic E-state index is 14.9. The van der Waals surface area contributed by atoms with E-state index in [0.29, 0.717) is 22.1 Å². The molecule has 1 aliphatic heterocycles. The second-order valence-electron chi connectivity index (χ2n) is 9.83. The van der Waals surface area contributed by atoms with E-state index < -0.39 is 5.60 Å². The molecule has 0 aliphatic carbocycles. The molecule has 1 fully saturated rings. The van der Waals surface area contributed by atoms with Gasteiger partial charge in [0.15, 0.2) is 5.82 Å². The van der Waals surface area contributed by atoms with Crippen LogP contribution in [0.1, 0.15) is 51.0 Å². The van der Waals surface area contributed by atoms with Gasteiger partial charge >= 0.3 is 0 Å². The molecule has 0 saturated carbocycles. The monoisotopic (exact) mass is 505 g/mol. The second kappa shape index (κ2) is 9.64. The maximum Gasteiger partial charge on any atom is 0.159 e. The predicted molar refractivity (Wildman–Crippen MR) is 143 cm³/mol. The Labute approximate surface area is 215 Å². The molecular weight excluding hydrogens is 477 g/mol. The number of hydrogen-bond acceptors (Lipinski definition) is 6. The van der Waals surface area contributed by atoms with Crippen LogP contribution >= 0.6 is 11.6 Å². The van der Waals surface area contributed by atoms with Gasteiger partial charge in [-0.25, -0.2) is 14.4 Å². The van der Waals surface area contributed by atoms with E-state index in [1.54, 1.807) is 38.5 Å². The van der Waals surface area contributed by atoms with Crippen LogP contribution in [0.3, 0.4) is 0 Å². The van der Waals surface area contributed by atoms with Crippen LogP contribution in [-0.2, 0) is 5.60 Å². The van der Waals surface area contributed by atoms with Gasteiger partial charge in [0.1, 0.15) is 11.4 Å². The lowest BCUT2D eigenvalue weighted by Crippen LogP contribution is -2.19. The van der Waals surface area contributed by atoms with Gasteiger partial charge in [0, 0.05) is 53.9 Å². The number of benzene rings is 2. The molecule has 0 unspecified atom stereocenters. The van der Waals surface area contributed by atoms with Crippen molar-refractivity contribution in [3.63, 3.8) is 0 Å². The molecule has 2 aromatic heterocycles. The lowest BCUT2D eigenvalue weighted by Gasteiger charge is -2.23. The van der Waals surface area contributed by atoms with Crippen molar-refractivity contribution in [1.29, 1.82) is 0 Å². The number of fused-ring (bicyclic) bond motifs is 1. The Morgan fingerprint density at radius 3 is 2.42 bits per heavy atom. The molecule has 1 atom stereocenters. The molecule has 0 bridgehead atoms. The van der Waals surface area contributed by atoms with Crippen LogP contribution in [0.15, 0.2) is 55.0 Å². The Balaban J connectivity index is 1.49. The van der Waals surface area contributed by atoms with Gasteiger partial charge in [0.05, 0.1) is 22.3 Å². The first-order valence-electron chi connectivity index (χ1n) is 12.1. The van der Waals surface area contributed by atoms with E-state index in [4.69, 9.17) is 11.6 Å². The highest BCUT2D eigenvalue weighted by Gasteiger charge is 2.21. The first kappa shape index (κ1) is 24.4. The number of rotatable bonds is 6. The largest absolute Gasteiger partial charge is 0.382 e. The van der Waals surface area contributed by atoms with Gasteiger partial charge in [-0.05, 0) is 69.5 Å². The zero-order chi connectivity index (χ0) is 25.4. The Bertz CT molecular complexity index is 1400. The predicted octanol–water partition coefficient (Wildman–Crippen LogP) is 6.49. The highest BCUT2D eigenvalue weighted by Crippen LogP contribution is 2.36. The summed E-state index contributed by atoms with van der Waals surface area (Å²) in [5, 5.41) is 14.9. The molecule has 5 rings (SSSR count). The third-order valence-electron chi connectivity index (χ3n) is 6.63. The smallest absolute Gasteiger partial charge is 0.159 e. The van der Waals surface area contributed by atoms with Crippen LogP contribution in [0.2, 0.25) is 5.02 Å². The van der Waals surface area contributed by atoms with Crippen LogP contribution in [0, 0.1) is 5.82 Å². The van der Waals surface area contributed by atoms with E-state index in [1.807, 2.05) is 37.3 Å². The first-order valence-corrected chi connectivity index (χ1v) is 12.5. The molecule has 36 heavy (non-hydrogen) atoms. The Morgan fingerprint density at radius 2 is 1.72 bits per heavy atom. The summed E-state index contributed by atoms with van der Waals surface area (Å²) in [5.41, 5.74) is 3.65. The molecule has 6 nitrogen and oxygen atoms in total. The third kappa shape index (κ3) is 4.86. The van der Waals surface area contributed by atoms with Crippen molar-refractivity contribution in [2.45, 2.75) is 45.3 Å². The fraction of sp³-hybridized carbons (Fsp3) is 0.321. The molecule has 2 aromatic carbocycles. The topological polar surface area (TPSA) is 74.2 Å². The van der Waals surface area contributed by atoms with Gasteiger partial charge in [-0.3, -0.25) is 4.98 Å². The van der Waals surface area contributed by atoms with Gasteiger partial charge in [-0.15, -0.1) is 0 Å². The molecule has 0 radical (unpaired) electrons. The van der Waals surface area contributed by atoms with Crippen LogP contribution in [-0.4, -0.2) is 33.1 Å². The van der Waals surface area contributed by atoms with E-state index in [2.05, 4.69) is 25.2 Å². The molecule has 8 heteroatoms. The number of nitrogens with one attached hydrogen (secondary N) is 1. The fourth-order valence-corrected chi connectivity index (χ4v) is 4.82. The van der Waals surface area contributed by atoms with Crippen LogP contribution in [0.5, 0.6) is 0 Å². The van der Waals surface area contributed by atoms with Crippen molar-refractivity contribution in [2.75, 3.05) is 23.3 Å². The second-order valence-corrected chi connectivity index (χ2v) is 10.2. The van der Waals surface area contributed by atoms with Gasteiger partial charge in [-0.1, -0.05) is 17.7 Å². The average molecular weight is 506 g/mol. The number of aliphatic hydroxyl groups is 1. The highest BCUT2D eigenvalue weighted by atomic mass is 35.5. The molecule has 186 valence electrons. The van der Waals surface area contributed by atoms with Crippen molar-refractivity contribution >= 4 is 33.9 Å². The average Bonchev–Trinajstić information content (AvgIpc) is 3.40. The lowest BCUT2D eigenvalue weighted by molar-refractivity contribution is 0.0687. The number of pyridine rings is 1. The molecule has 1 saturated heterocycles. The number of halogens is 2. The van der Waals surface area contributed by atoms with E-state index in [-0.39, 0.29) is 11.9 Å².